The summed E-state index contributed by atoms with van der Waals surface area (Å²) in [7, 11) is 0. The second-order valence-corrected chi connectivity index (χ2v) is 5.62. The van der Waals surface area contributed by atoms with E-state index >= 15 is 0 Å². The highest BCUT2D eigenvalue weighted by Crippen LogP contribution is 2.27. The van der Waals surface area contributed by atoms with Crippen LogP contribution in [0.2, 0.25) is 0 Å². The van der Waals surface area contributed by atoms with E-state index < -0.39 is 0 Å². The first kappa shape index (κ1) is 14.2. The second-order valence-electron chi connectivity index (χ2n) is 5.62. The first-order chi connectivity index (χ1) is 7.90. The van der Waals surface area contributed by atoms with Gasteiger partial charge in [0, 0.05) is 18.1 Å². The van der Waals surface area contributed by atoms with E-state index in [1.807, 2.05) is 0 Å². The third-order valence-corrected chi connectivity index (χ3v) is 3.26. The lowest BCUT2D eigenvalue weighted by molar-refractivity contribution is 0.0919. The molecular formula is C15H26N2. The highest BCUT2D eigenvalue weighted by atomic mass is 15.2. The lowest BCUT2D eigenvalue weighted by Crippen LogP contribution is -2.46. The summed E-state index contributed by atoms with van der Waals surface area (Å²) < 4.78 is 0. The van der Waals surface area contributed by atoms with E-state index in [1.165, 1.54) is 11.1 Å². The Morgan fingerprint density at radius 2 is 1.71 bits per heavy atom. The summed E-state index contributed by atoms with van der Waals surface area (Å²) in [6, 6.07) is 9.02. The zero-order valence-corrected chi connectivity index (χ0v) is 11.8. The summed E-state index contributed by atoms with van der Waals surface area (Å²) in [5.41, 5.74) is 8.73. The van der Waals surface area contributed by atoms with Crippen LogP contribution in [0, 0.1) is 6.92 Å². The molecule has 0 heterocycles. The van der Waals surface area contributed by atoms with Crippen LogP contribution >= 0.6 is 0 Å². The molecule has 2 heteroatoms. The van der Waals surface area contributed by atoms with Crippen molar-refractivity contribution < 1.29 is 0 Å². The van der Waals surface area contributed by atoms with Crippen LogP contribution in [0.1, 0.15) is 44.9 Å². The Morgan fingerprint density at radius 3 is 2.06 bits per heavy atom. The number of hydrogen-bond acceptors (Lipinski definition) is 2. The summed E-state index contributed by atoms with van der Waals surface area (Å²) in [6.45, 7) is 12.7. The van der Waals surface area contributed by atoms with Crippen molar-refractivity contribution in [1.29, 1.82) is 0 Å². The fourth-order valence-corrected chi connectivity index (χ4v) is 2.39. The minimum atomic E-state index is 0.143. The van der Waals surface area contributed by atoms with Gasteiger partial charge in [0.15, 0.2) is 0 Å². The summed E-state index contributed by atoms with van der Waals surface area (Å²) >= 11 is 0. The van der Waals surface area contributed by atoms with Crippen molar-refractivity contribution in [2.24, 2.45) is 5.73 Å². The van der Waals surface area contributed by atoms with E-state index in [9.17, 15) is 0 Å². The molecule has 17 heavy (non-hydrogen) atoms. The smallest absolute Gasteiger partial charge is 0.0475 e. The molecule has 0 bridgehead atoms. The lowest BCUT2D eigenvalue weighted by Gasteiger charge is -2.41. The molecule has 0 aliphatic carbocycles. The number of likely N-dealkylation sites (N-methyl/N-ethyl adjacent to an activating group) is 1. The molecule has 0 amide bonds. The number of benzene rings is 1. The Kier molecular flexibility index (Phi) is 4.72. The van der Waals surface area contributed by atoms with Crippen molar-refractivity contribution in [2.75, 3.05) is 13.1 Å². The van der Waals surface area contributed by atoms with Crippen LogP contribution in [-0.4, -0.2) is 23.5 Å². The second kappa shape index (κ2) is 5.65. The van der Waals surface area contributed by atoms with Gasteiger partial charge in [0.05, 0.1) is 0 Å². The van der Waals surface area contributed by atoms with Gasteiger partial charge in [-0.15, -0.1) is 0 Å². The van der Waals surface area contributed by atoms with Crippen molar-refractivity contribution >= 4 is 0 Å². The number of nitrogens with zero attached hydrogens (tertiary/aromatic N) is 1. The third-order valence-electron chi connectivity index (χ3n) is 3.26. The molecule has 1 aromatic rings. The van der Waals surface area contributed by atoms with Gasteiger partial charge < -0.3 is 5.73 Å². The van der Waals surface area contributed by atoms with Gasteiger partial charge in [-0.1, -0.05) is 36.8 Å². The van der Waals surface area contributed by atoms with Crippen molar-refractivity contribution in [3.8, 4) is 0 Å². The molecule has 1 aromatic carbocycles. The summed E-state index contributed by atoms with van der Waals surface area (Å²) in [5.74, 6) is 0. The van der Waals surface area contributed by atoms with Crippen LogP contribution < -0.4 is 5.73 Å². The van der Waals surface area contributed by atoms with Crippen molar-refractivity contribution in [1.82, 2.24) is 4.90 Å². The molecule has 0 aromatic heterocycles. The maximum absolute atomic E-state index is 5.97. The van der Waals surface area contributed by atoms with Gasteiger partial charge in [0.2, 0.25) is 0 Å². The van der Waals surface area contributed by atoms with Gasteiger partial charge in [-0.2, -0.15) is 0 Å². The van der Waals surface area contributed by atoms with E-state index in [2.05, 4.69) is 63.8 Å². The SMILES string of the molecule is CCN(C(CN)c1ccc(C)cc1)C(C)(C)C. The molecule has 2 nitrogen and oxygen atoms in total. The summed E-state index contributed by atoms with van der Waals surface area (Å²) in [6.07, 6.45) is 0. The average Bonchev–Trinajstić information content (AvgIpc) is 2.25. The van der Waals surface area contributed by atoms with Crippen LogP contribution in [0.15, 0.2) is 24.3 Å². The molecule has 1 atom stereocenters. The molecule has 1 unspecified atom stereocenters. The van der Waals surface area contributed by atoms with Crippen molar-refractivity contribution in [3.63, 3.8) is 0 Å². The number of nitrogens with two attached hydrogens (primary N) is 1. The molecule has 1 rings (SSSR count). The first-order valence-corrected chi connectivity index (χ1v) is 6.43. The zero-order valence-electron chi connectivity index (χ0n) is 11.8. The zero-order chi connectivity index (χ0) is 13.1. The minimum Gasteiger partial charge on any atom is -0.329 e. The maximum Gasteiger partial charge on any atom is 0.0475 e. The minimum absolute atomic E-state index is 0.143. The Bertz CT molecular complexity index is 335. The van der Waals surface area contributed by atoms with Crippen LogP contribution in [0.3, 0.4) is 0 Å². The molecule has 0 radical (unpaired) electrons. The molecule has 0 aliphatic heterocycles. The van der Waals surface area contributed by atoms with Crippen LogP contribution in [0.5, 0.6) is 0 Å². The predicted octanol–water partition coefficient (Wildman–Crippen LogP) is 3.12. The highest BCUT2D eigenvalue weighted by molar-refractivity contribution is 5.24. The Labute approximate surface area is 106 Å². The number of aryl methyl sites for hydroxylation is 1. The average molecular weight is 234 g/mol. The first-order valence-electron chi connectivity index (χ1n) is 6.43. The Morgan fingerprint density at radius 1 is 1.18 bits per heavy atom. The van der Waals surface area contributed by atoms with E-state index in [4.69, 9.17) is 5.73 Å². The molecule has 96 valence electrons. The van der Waals surface area contributed by atoms with E-state index in [1.54, 1.807) is 0 Å². The number of hydrogen-bond donors (Lipinski definition) is 1. The van der Waals surface area contributed by atoms with Crippen molar-refractivity contribution in [3.05, 3.63) is 35.4 Å². The molecule has 2 N–H and O–H groups in total. The topological polar surface area (TPSA) is 29.3 Å². The predicted molar refractivity (Wildman–Crippen MR) is 75.1 cm³/mol. The third kappa shape index (κ3) is 3.55. The van der Waals surface area contributed by atoms with Gasteiger partial charge in [0.25, 0.3) is 0 Å². The van der Waals surface area contributed by atoms with Crippen LogP contribution in [0.25, 0.3) is 0 Å². The fraction of sp³-hybridized carbons (Fsp3) is 0.600. The van der Waals surface area contributed by atoms with Crippen LogP contribution in [-0.2, 0) is 0 Å². The lowest BCUT2D eigenvalue weighted by atomic mass is 9.97. The summed E-state index contributed by atoms with van der Waals surface area (Å²) in [5, 5.41) is 0. The van der Waals surface area contributed by atoms with E-state index in [0.29, 0.717) is 12.6 Å². The maximum atomic E-state index is 5.97. The summed E-state index contributed by atoms with van der Waals surface area (Å²) in [4.78, 5) is 2.46. The monoisotopic (exact) mass is 234 g/mol. The van der Waals surface area contributed by atoms with E-state index in [-0.39, 0.29) is 5.54 Å². The van der Waals surface area contributed by atoms with Gasteiger partial charge >= 0.3 is 0 Å². The molecular weight excluding hydrogens is 208 g/mol. The molecule has 0 saturated heterocycles. The normalized spacial score (nSPS) is 14.1. The van der Waals surface area contributed by atoms with Crippen LogP contribution in [0.4, 0.5) is 0 Å². The Balaban J connectivity index is 3.01. The molecule has 0 spiro atoms. The Hall–Kier alpha value is -0.860. The highest BCUT2D eigenvalue weighted by Gasteiger charge is 2.27. The largest absolute Gasteiger partial charge is 0.329 e. The van der Waals surface area contributed by atoms with Gasteiger partial charge in [-0.3, -0.25) is 4.90 Å². The standard InChI is InChI=1S/C15H26N2/c1-6-17(15(3,4)5)14(11-16)13-9-7-12(2)8-10-13/h7-10,14H,6,11,16H2,1-5H3. The van der Waals surface area contributed by atoms with E-state index in [0.717, 1.165) is 6.54 Å². The molecule has 0 saturated carbocycles. The quantitative estimate of drug-likeness (QED) is 0.867. The molecule has 0 fully saturated rings. The van der Waals surface area contributed by atoms with Gasteiger partial charge in [-0.25, -0.2) is 0 Å². The van der Waals surface area contributed by atoms with Gasteiger partial charge in [0.1, 0.15) is 0 Å². The van der Waals surface area contributed by atoms with Crippen molar-refractivity contribution in [2.45, 2.75) is 46.2 Å². The molecule has 0 aliphatic rings. The van der Waals surface area contributed by atoms with Gasteiger partial charge in [-0.05, 0) is 39.8 Å². The fourth-order valence-electron chi connectivity index (χ4n) is 2.39. The number of rotatable bonds is 4.